The van der Waals surface area contributed by atoms with Gasteiger partial charge in [-0.1, -0.05) is 18.2 Å². The number of H-pyrrole nitrogens is 1. The number of piperazine rings is 1. The van der Waals surface area contributed by atoms with Gasteiger partial charge in [0.15, 0.2) is 5.58 Å². The lowest BCUT2D eigenvalue weighted by molar-refractivity contribution is 0.260. The molecule has 0 aliphatic carbocycles. The molecule has 0 bridgehead atoms. The van der Waals surface area contributed by atoms with E-state index < -0.39 is 5.76 Å². The topological polar surface area (TPSA) is 61.7 Å². The van der Waals surface area contributed by atoms with E-state index in [2.05, 4.69) is 33.0 Å². The van der Waals surface area contributed by atoms with Gasteiger partial charge in [-0.2, -0.15) is 0 Å². The van der Waals surface area contributed by atoms with E-state index in [9.17, 15) is 4.79 Å². The molecule has 1 aliphatic heterocycles. The summed E-state index contributed by atoms with van der Waals surface area (Å²) in [5, 5.41) is 0. The molecule has 0 spiro atoms. The van der Waals surface area contributed by atoms with Crippen LogP contribution in [0.4, 0.5) is 5.69 Å². The van der Waals surface area contributed by atoms with Crippen molar-refractivity contribution in [3.8, 4) is 5.75 Å². The normalized spacial score (nSPS) is 15.5. The first kappa shape index (κ1) is 16.7. The summed E-state index contributed by atoms with van der Waals surface area (Å²) in [6.45, 7) is 5.04. The average Bonchev–Trinajstić information content (AvgIpc) is 3.06. The first-order chi connectivity index (χ1) is 12.7. The van der Waals surface area contributed by atoms with E-state index in [1.165, 1.54) is 11.3 Å². The molecule has 0 amide bonds. The van der Waals surface area contributed by atoms with E-state index in [1.54, 1.807) is 7.11 Å². The summed E-state index contributed by atoms with van der Waals surface area (Å²) in [4.78, 5) is 18.8. The molecule has 1 aliphatic rings. The number of rotatable bonds is 5. The van der Waals surface area contributed by atoms with E-state index >= 15 is 0 Å². The van der Waals surface area contributed by atoms with Crippen LogP contribution >= 0.6 is 0 Å². The second-order valence-corrected chi connectivity index (χ2v) is 6.60. The maximum absolute atomic E-state index is 11.3. The van der Waals surface area contributed by atoms with E-state index in [4.69, 9.17) is 9.15 Å². The molecule has 26 heavy (non-hydrogen) atoms. The monoisotopic (exact) mass is 353 g/mol. The molecule has 6 heteroatoms. The molecule has 136 valence electrons. The van der Waals surface area contributed by atoms with Crippen LogP contribution in [0.1, 0.15) is 5.56 Å². The standard InChI is InChI=1S/C20H23N3O3/c1-25-18-5-3-2-4-17(18)23-12-10-22(11-13-23)9-8-15-6-7-16-19(14-15)26-20(24)21-16/h2-7,14H,8-13H2,1H3,(H,21,24). The summed E-state index contributed by atoms with van der Waals surface area (Å²) in [6.07, 6.45) is 0.944. The van der Waals surface area contributed by atoms with Gasteiger partial charge >= 0.3 is 5.76 Å². The highest BCUT2D eigenvalue weighted by molar-refractivity contribution is 5.72. The number of aromatic amines is 1. The summed E-state index contributed by atoms with van der Waals surface area (Å²) >= 11 is 0. The zero-order chi connectivity index (χ0) is 17.9. The molecule has 1 N–H and O–H groups in total. The Bertz CT molecular complexity index is 939. The van der Waals surface area contributed by atoms with Crippen LogP contribution in [-0.2, 0) is 6.42 Å². The van der Waals surface area contributed by atoms with Gasteiger partial charge in [-0.05, 0) is 36.2 Å². The molecule has 1 fully saturated rings. The van der Waals surface area contributed by atoms with Gasteiger partial charge in [0, 0.05) is 32.7 Å². The molecule has 0 saturated carbocycles. The Balaban J connectivity index is 1.34. The summed E-state index contributed by atoms with van der Waals surface area (Å²) < 4.78 is 10.6. The number of fused-ring (bicyclic) bond motifs is 1. The largest absolute Gasteiger partial charge is 0.495 e. The fraction of sp³-hybridized carbons (Fsp3) is 0.350. The van der Waals surface area contributed by atoms with Gasteiger partial charge in [0.2, 0.25) is 0 Å². The highest BCUT2D eigenvalue weighted by atomic mass is 16.5. The number of hydrogen-bond acceptors (Lipinski definition) is 5. The van der Waals surface area contributed by atoms with Crippen molar-refractivity contribution < 1.29 is 9.15 Å². The van der Waals surface area contributed by atoms with Gasteiger partial charge in [0.05, 0.1) is 18.3 Å². The Labute approximate surface area is 152 Å². The molecular weight excluding hydrogens is 330 g/mol. The third-order valence-electron chi connectivity index (χ3n) is 5.00. The predicted molar refractivity (Wildman–Crippen MR) is 102 cm³/mol. The number of benzene rings is 2. The first-order valence-corrected chi connectivity index (χ1v) is 8.95. The molecule has 6 nitrogen and oxygen atoms in total. The number of nitrogens with one attached hydrogen (secondary N) is 1. The van der Waals surface area contributed by atoms with Gasteiger partial charge in [-0.25, -0.2) is 4.79 Å². The van der Waals surface area contributed by atoms with E-state index in [1.807, 2.05) is 24.3 Å². The molecule has 2 heterocycles. The second kappa shape index (κ2) is 7.25. The van der Waals surface area contributed by atoms with Crippen LogP contribution in [0.25, 0.3) is 11.1 Å². The highest BCUT2D eigenvalue weighted by Gasteiger charge is 2.19. The average molecular weight is 353 g/mol. The molecule has 4 rings (SSSR count). The number of oxazole rings is 1. The number of aromatic nitrogens is 1. The number of ether oxygens (including phenoxy) is 1. The van der Waals surface area contributed by atoms with Crippen LogP contribution in [0.5, 0.6) is 5.75 Å². The summed E-state index contributed by atoms with van der Waals surface area (Å²) in [7, 11) is 1.72. The Hall–Kier alpha value is -2.73. The number of para-hydroxylation sites is 2. The van der Waals surface area contributed by atoms with Crippen molar-refractivity contribution in [3.05, 3.63) is 58.6 Å². The molecule has 3 aromatic rings. The lowest BCUT2D eigenvalue weighted by atomic mass is 10.1. The second-order valence-electron chi connectivity index (χ2n) is 6.60. The van der Waals surface area contributed by atoms with Gasteiger partial charge in [-0.3, -0.25) is 9.88 Å². The SMILES string of the molecule is COc1ccccc1N1CCN(CCc2ccc3[nH]c(=O)oc3c2)CC1. The van der Waals surface area contributed by atoms with Gasteiger partial charge in [-0.15, -0.1) is 0 Å². The van der Waals surface area contributed by atoms with Crippen LogP contribution in [0.3, 0.4) is 0 Å². The van der Waals surface area contributed by atoms with Crippen molar-refractivity contribution in [2.24, 2.45) is 0 Å². The van der Waals surface area contributed by atoms with E-state index in [-0.39, 0.29) is 0 Å². The third kappa shape index (κ3) is 3.46. The van der Waals surface area contributed by atoms with Crippen LogP contribution in [0.15, 0.2) is 51.7 Å². The van der Waals surface area contributed by atoms with E-state index in [0.717, 1.165) is 50.4 Å². The van der Waals surface area contributed by atoms with Crippen LogP contribution in [-0.4, -0.2) is 49.7 Å². The Morgan fingerprint density at radius 3 is 2.73 bits per heavy atom. The van der Waals surface area contributed by atoms with Crippen molar-refractivity contribution >= 4 is 16.8 Å². The predicted octanol–water partition coefficient (Wildman–Crippen LogP) is 2.49. The molecule has 0 atom stereocenters. The van der Waals surface area contributed by atoms with Crippen molar-refractivity contribution in [2.45, 2.75) is 6.42 Å². The van der Waals surface area contributed by atoms with Gasteiger partial charge in [0.25, 0.3) is 0 Å². The molecule has 1 aromatic heterocycles. The molecule has 0 radical (unpaired) electrons. The lowest BCUT2D eigenvalue weighted by Crippen LogP contribution is -2.47. The van der Waals surface area contributed by atoms with Crippen LogP contribution < -0.4 is 15.4 Å². The van der Waals surface area contributed by atoms with Crippen molar-refractivity contribution in [2.75, 3.05) is 44.7 Å². The van der Waals surface area contributed by atoms with Crippen molar-refractivity contribution in [1.82, 2.24) is 9.88 Å². The zero-order valence-electron chi connectivity index (χ0n) is 14.9. The highest BCUT2D eigenvalue weighted by Crippen LogP contribution is 2.28. The maximum Gasteiger partial charge on any atom is 0.417 e. The Morgan fingerprint density at radius 1 is 1.12 bits per heavy atom. The minimum atomic E-state index is -0.399. The summed E-state index contributed by atoms with van der Waals surface area (Å²) in [5.41, 5.74) is 3.74. The molecular formula is C20H23N3O3. The molecule has 2 aromatic carbocycles. The summed E-state index contributed by atoms with van der Waals surface area (Å²) in [6, 6.07) is 14.1. The lowest BCUT2D eigenvalue weighted by Gasteiger charge is -2.36. The van der Waals surface area contributed by atoms with Gasteiger partial charge in [0.1, 0.15) is 5.75 Å². The molecule has 1 saturated heterocycles. The summed E-state index contributed by atoms with van der Waals surface area (Å²) in [5.74, 6) is 0.534. The van der Waals surface area contributed by atoms with Gasteiger partial charge < -0.3 is 14.1 Å². The Kier molecular flexibility index (Phi) is 4.67. The first-order valence-electron chi connectivity index (χ1n) is 8.95. The van der Waals surface area contributed by atoms with Crippen molar-refractivity contribution in [1.29, 1.82) is 0 Å². The number of anilines is 1. The van der Waals surface area contributed by atoms with Crippen LogP contribution in [0.2, 0.25) is 0 Å². The fourth-order valence-corrected chi connectivity index (χ4v) is 3.54. The zero-order valence-corrected chi connectivity index (χ0v) is 14.9. The number of hydrogen-bond donors (Lipinski definition) is 1. The minimum absolute atomic E-state index is 0.399. The van der Waals surface area contributed by atoms with E-state index in [0.29, 0.717) is 5.58 Å². The maximum atomic E-state index is 11.3. The Morgan fingerprint density at radius 2 is 1.92 bits per heavy atom. The minimum Gasteiger partial charge on any atom is -0.495 e. The number of nitrogens with zero attached hydrogens (tertiary/aromatic N) is 2. The fourth-order valence-electron chi connectivity index (χ4n) is 3.54. The number of methoxy groups -OCH3 is 1. The van der Waals surface area contributed by atoms with Crippen LogP contribution in [0, 0.1) is 0 Å². The smallest absolute Gasteiger partial charge is 0.417 e. The molecule has 0 unspecified atom stereocenters. The van der Waals surface area contributed by atoms with Crippen molar-refractivity contribution in [3.63, 3.8) is 0 Å². The third-order valence-corrected chi connectivity index (χ3v) is 5.00. The quantitative estimate of drug-likeness (QED) is 0.764.